The van der Waals surface area contributed by atoms with Crippen molar-refractivity contribution >= 4 is 46.4 Å². The van der Waals surface area contributed by atoms with E-state index < -0.39 is 47.5 Å². The van der Waals surface area contributed by atoms with Crippen molar-refractivity contribution < 1.29 is 42.9 Å². The molecule has 0 fully saturated rings. The normalized spacial score (nSPS) is 11.7. The minimum atomic E-state index is -1.05. The quantitative estimate of drug-likeness (QED) is 0.0905. The molecule has 4 N–H and O–H groups in total. The fourth-order valence-corrected chi connectivity index (χ4v) is 7.04. The molecule has 6 aromatic rings. The van der Waals surface area contributed by atoms with Crippen molar-refractivity contribution in [2.75, 3.05) is 7.11 Å². The number of methoxy groups -OCH3 is 1. The van der Waals surface area contributed by atoms with E-state index in [2.05, 4.69) is 20.6 Å². The number of thiazole rings is 2. The molecule has 6 rings (SSSR count). The zero-order valence-corrected chi connectivity index (χ0v) is 31.0. The van der Waals surface area contributed by atoms with Crippen LogP contribution in [0, 0.1) is 18.6 Å². The maximum atomic E-state index is 13.9. The van der Waals surface area contributed by atoms with E-state index in [4.69, 9.17) is 4.74 Å². The number of nitrogens with zero attached hydrogens (tertiary/aromatic N) is 2. The maximum absolute atomic E-state index is 13.9. The van der Waals surface area contributed by atoms with Gasteiger partial charge in [-0.1, -0.05) is 60.7 Å². The second-order valence-electron chi connectivity index (χ2n) is 11.9. The van der Waals surface area contributed by atoms with Gasteiger partial charge in [-0.05, 0) is 60.0 Å². The van der Waals surface area contributed by atoms with E-state index in [0.29, 0.717) is 32.5 Å². The average Bonchev–Trinajstić information content (AvgIpc) is 3.86. The number of aromatic nitrogens is 2. The standard InChI is InChI=1S/C20H17FN2O4S.C20H17FN2O3S/c1-27-13-8-6-12(7-9-13)16(10-18(24)25)22-19(26)17-11-28-20(23-17)14-4-2-3-5-15(14)21;1-12-6-2-3-7-13(12)16(10-18(24)25)22-19(26)17-11-27-20(23-17)14-8-4-5-9-15(14)21/h2-9,11,16H,10H2,1H3,(H,22,26)(H,24,25);2-9,11,16H,10H2,1H3,(H,22,26)(H,24,25)/t2*16-/m00/s1. The molecule has 55 heavy (non-hydrogen) atoms. The molecule has 15 heteroatoms. The molecule has 0 saturated carbocycles. The summed E-state index contributed by atoms with van der Waals surface area (Å²) in [5.41, 5.74) is 3.11. The van der Waals surface area contributed by atoms with Crippen LogP contribution >= 0.6 is 22.7 Å². The number of carbonyl (C=O) groups excluding carboxylic acids is 2. The summed E-state index contributed by atoms with van der Waals surface area (Å²) in [5.74, 6) is -3.31. The predicted molar refractivity (Wildman–Crippen MR) is 204 cm³/mol. The number of amides is 2. The topological polar surface area (TPSA) is 168 Å². The van der Waals surface area contributed by atoms with Crippen LogP contribution in [0.25, 0.3) is 21.1 Å². The number of rotatable bonds is 13. The zero-order valence-electron chi connectivity index (χ0n) is 29.4. The van der Waals surface area contributed by atoms with Gasteiger partial charge in [0.1, 0.15) is 38.8 Å². The molecular formula is C40H34F2N4O7S2. The van der Waals surface area contributed by atoms with Crippen molar-refractivity contribution in [3.8, 4) is 26.9 Å². The Kier molecular flexibility index (Phi) is 13.5. The number of carboxylic acids is 2. The van der Waals surface area contributed by atoms with Gasteiger partial charge in [0.15, 0.2) is 0 Å². The lowest BCUT2D eigenvalue weighted by Gasteiger charge is -2.18. The van der Waals surface area contributed by atoms with Gasteiger partial charge in [-0.3, -0.25) is 19.2 Å². The van der Waals surface area contributed by atoms with E-state index in [1.807, 2.05) is 19.1 Å². The summed E-state index contributed by atoms with van der Waals surface area (Å²) < 4.78 is 32.9. The molecular weight excluding hydrogens is 751 g/mol. The van der Waals surface area contributed by atoms with Gasteiger partial charge in [-0.25, -0.2) is 18.7 Å². The van der Waals surface area contributed by atoms with Crippen LogP contribution in [0.1, 0.15) is 62.6 Å². The number of hydrogen-bond donors (Lipinski definition) is 4. The van der Waals surface area contributed by atoms with Gasteiger partial charge in [-0.15, -0.1) is 22.7 Å². The Morgan fingerprint density at radius 2 is 1.13 bits per heavy atom. The highest BCUT2D eigenvalue weighted by molar-refractivity contribution is 7.13. The molecule has 0 aliphatic heterocycles. The lowest BCUT2D eigenvalue weighted by Crippen LogP contribution is -2.30. The van der Waals surface area contributed by atoms with E-state index in [-0.39, 0.29) is 24.2 Å². The minimum Gasteiger partial charge on any atom is -0.497 e. The molecule has 0 aliphatic carbocycles. The molecule has 0 aliphatic rings. The highest BCUT2D eigenvalue weighted by atomic mass is 32.1. The highest BCUT2D eigenvalue weighted by Crippen LogP contribution is 2.29. The third kappa shape index (κ3) is 10.6. The lowest BCUT2D eigenvalue weighted by atomic mass is 9.98. The van der Waals surface area contributed by atoms with Gasteiger partial charge < -0.3 is 25.6 Å². The van der Waals surface area contributed by atoms with Gasteiger partial charge in [0.05, 0.1) is 32.0 Å². The number of benzene rings is 4. The molecule has 0 saturated heterocycles. The Morgan fingerprint density at radius 1 is 0.673 bits per heavy atom. The number of carboxylic acid groups (broad SMARTS) is 2. The van der Waals surface area contributed by atoms with Crippen LogP contribution in [-0.4, -0.2) is 51.0 Å². The number of aryl methyl sites for hydroxylation is 1. The molecule has 2 amide bonds. The van der Waals surface area contributed by atoms with Crippen molar-refractivity contribution in [2.24, 2.45) is 0 Å². The van der Waals surface area contributed by atoms with Crippen LogP contribution in [0.2, 0.25) is 0 Å². The van der Waals surface area contributed by atoms with Gasteiger partial charge in [0, 0.05) is 21.9 Å². The summed E-state index contributed by atoms with van der Waals surface area (Å²) in [4.78, 5) is 56.0. The van der Waals surface area contributed by atoms with Crippen LogP contribution < -0.4 is 15.4 Å². The summed E-state index contributed by atoms with van der Waals surface area (Å²) in [7, 11) is 1.53. The maximum Gasteiger partial charge on any atom is 0.305 e. The molecule has 0 bridgehead atoms. The largest absolute Gasteiger partial charge is 0.497 e. The third-order valence-electron chi connectivity index (χ3n) is 8.13. The second kappa shape index (κ2) is 18.6. The fourth-order valence-electron chi connectivity index (χ4n) is 5.39. The molecule has 0 spiro atoms. The van der Waals surface area contributed by atoms with Gasteiger partial charge in [0.2, 0.25) is 0 Å². The summed E-state index contributed by atoms with van der Waals surface area (Å²) in [5, 5.41) is 27.6. The van der Waals surface area contributed by atoms with E-state index >= 15 is 0 Å². The number of halogens is 2. The van der Waals surface area contributed by atoms with Crippen molar-refractivity contribution in [3.63, 3.8) is 0 Å². The van der Waals surface area contributed by atoms with E-state index in [1.165, 1.54) is 30.0 Å². The summed E-state index contributed by atoms with van der Waals surface area (Å²) in [6.45, 7) is 1.86. The minimum absolute atomic E-state index is 0.104. The second-order valence-corrected chi connectivity index (χ2v) is 13.6. The molecule has 282 valence electrons. The summed E-state index contributed by atoms with van der Waals surface area (Å²) in [6.07, 6.45) is -0.538. The van der Waals surface area contributed by atoms with Crippen LogP contribution in [-0.2, 0) is 9.59 Å². The van der Waals surface area contributed by atoms with Crippen molar-refractivity contribution in [1.82, 2.24) is 20.6 Å². The Hall–Kier alpha value is -6.32. The number of carbonyl (C=O) groups is 4. The number of hydrogen-bond acceptors (Lipinski definition) is 9. The molecule has 0 unspecified atom stereocenters. The molecule has 2 heterocycles. The van der Waals surface area contributed by atoms with Gasteiger partial charge >= 0.3 is 11.9 Å². The molecule has 11 nitrogen and oxygen atoms in total. The van der Waals surface area contributed by atoms with Gasteiger partial charge in [0.25, 0.3) is 11.8 Å². The summed E-state index contributed by atoms with van der Waals surface area (Å²) in [6, 6.07) is 25.0. The smallest absolute Gasteiger partial charge is 0.305 e. The molecule has 2 aromatic heterocycles. The van der Waals surface area contributed by atoms with Crippen molar-refractivity contribution in [2.45, 2.75) is 31.8 Å². The number of nitrogens with one attached hydrogen (secondary N) is 2. The van der Waals surface area contributed by atoms with Crippen LogP contribution in [0.4, 0.5) is 8.78 Å². The monoisotopic (exact) mass is 784 g/mol. The molecule has 0 radical (unpaired) electrons. The summed E-state index contributed by atoms with van der Waals surface area (Å²) >= 11 is 2.30. The lowest BCUT2D eigenvalue weighted by molar-refractivity contribution is -0.138. The van der Waals surface area contributed by atoms with Gasteiger partial charge in [-0.2, -0.15) is 0 Å². The highest BCUT2D eigenvalue weighted by Gasteiger charge is 2.23. The molecule has 4 aromatic carbocycles. The first-order chi connectivity index (χ1) is 26.4. The van der Waals surface area contributed by atoms with Crippen LogP contribution in [0.3, 0.4) is 0 Å². The fraction of sp³-hybridized carbons (Fsp3) is 0.150. The average molecular weight is 785 g/mol. The Labute approximate surface area is 322 Å². The molecule has 2 atom stereocenters. The van der Waals surface area contributed by atoms with E-state index in [1.54, 1.807) is 72.8 Å². The first kappa shape index (κ1) is 39.9. The predicted octanol–water partition coefficient (Wildman–Crippen LogP) is 8.11. The first-order valence-corrected chi connectivity index (χ1v) is 18.3. The van der Waals surface area contributed by atoms with E-state index in [9.17, 15) is 38.2 Å². The Morgan fingerprint density at radius 3 is 1.60 bits per heavy atom. The van der Waals surface area contributed by atoms with Crippen molar-refractivity contribution in [1.29, 1.82) is 0 Å². The van der Waals surface area contributed by atoms with Crippen LogP contribution in [0.15, 0.2) is 108 Å². The first-order valence-electron chi connectivity index (χ1n) is 16.6. The number of aliphatic carboxylic acids is 2. The van der Waals surface area contributed by atoms with E-state index in [0.717, 1.165) is 33.8 Å². The number of ether oxygens (including phenoxy) is 1. The zero-order chi connectivity index (χ0) is 39.5. The SMILES string of the molecule is COc1ccc([C@H](CC(=O)O)NC(=O)c2csc(-c3ccccc3F)n2)cc1.Cc1ccccc1[C@H](CC(=O)O)NC(=O)c1csc(-c2ccccc2F)n1. The van der Waals surface area contributed by atoms with Crippen LogP contribution in [0.5, 0.6) is 5.75 Å². The third-order valence-corrected chi connectivity index (χ3v) is 9.88. The van der Waals surface area contributed by atoms with Crippen molar-refractivity contribution in [3.05, 3.63) is 148 Å². The Balaban J connectivity index is 0.000000211. The Bertz CT molecular complexity index is 2300.